The predicted octanol–water partition coefficient (Wildman–Crippen LogP) is 4.68. The first kappa shape index (κ1) is 16.2. The number of carbonyl (C=O) groups is 1. The number of aromatic nitrogens is 3. The smallest absolute Gasteiger partial charge is 0.191 e. The number of nitrogens with zero attached hydrogens (tertiary/aromatic N) is 3. The van der Waals surface area contributed by atoms with Gasteiger partial charge in [0.15, 0.2) is 10.8 Å². The molecule has 1 aliphatic rings. The second-order valence-electron chi connectivity index (χ2n) is 6.60. The third-order valence-corrected chi connectivity index (χ3v) is 5.84. The van der Waals surface area contributed by atoms with Crippen molar-refractivity contribution in [3.63, 3.8) is 0 Å². The minimum Gasteiger partial charge on any atom is -0.292 e. The number of hydrogen-bond donors (Lipinski definition) is 0. The summed E-state index contributed by atoms with van der Waals surface area (Å²) in [6.07, 6.45) is 8.45. The molecule has 128 valence electrons. The van der Waals surface area contributed by atoms with E-state index in [1.807, 2.05) is 31.0 Å². The van der Waals surface area contributed by atoms with Crippen molar-refractivity contribution in [3.05, 3.63) is 46.9 Å². The molecule has 4 nitrogen and oxygen atoms in total. The van der Waals surface area contributed by atoms with Crippen molar-refractivity contribution in [1.82, 2.24) is 14.8 Å². The highest BCUT2D eigenvalue weighted by atomic mass is 32.1. The van der Waals surface area contributed by atoms with Crippen LogP contribution >= 0.6 is 11.3 Å². The van der Waals surface area contributed by atoms with E-state index in [4.69, 9.17) is 0 Å². The first-order chi connectivity index (χ1) is 12.2. The molecule has 0 radical (unpaired) electrons. The maximum Gasteiger partial charge on any atom is 0.191 e. The van der Waals surface area contributed by atoms with E-state index in [0.29, 0.717) is 11.4 Å². The van der Waals surface area contributed by atoms with Gasteiger partial charge in [0.1, 0.15) is 0 Å². The molecule has 0 spiro atoms. The Hall–Kier alpha value is -2.27. The lowest BCUT2D eigenvalue weighted by Crippen LogP contribution is -1.98. The summed E-state index contributed by atoms with van der Waals surface area (Å²) in [5.74, 6) is 0.172. The topological polar surface area (TPSA) is 47.8 Å². The minimum atomic E-state index is 0.172. The monoisotopic (exact) mass is 351 g/mol. The third kappa shape index (κ3) is 3.04. The number of thiazole rings is 1. The number of fused-ring (bicyclic) bond motifs is 3. The molecule has 2 heterocycles. The molecular weight excluding hydrogens is 330 g/mol. The van der Waals surface area contributed by atoms with Gasteiger partial charge in [0, 0.05) is 25.2 Å². The molecule has 2 aromatic heterocycles. The zero-order valence-electron chi connectivity index (χ0n) is 14.6. The zero-order valence-corrected chi connectivity index (χ0v) is 15.4. The van der Waals surface area contributed by atoms with Crippen LogP contribution < -0.4 is 0 Å². The van der Waals surface area contributed by atoms with Crippen LogP contribution in [0, 0.1) is 0 Å². The fourth-order valence-electron chi connectivity index (χ4n) is 3.39. The van der Waals surface area contributed by atoms with Gasteiger partial charge in [-0.15, -0.1) is 11.3 Å². The molecule has 0 N–H and O–H groups in total. The van der Waals surface area contributed by atoms with Crippen LogP contribution in [0.2, 0.25) is 0 Å². The van der Waals surface area contributed by atoms with Crippen molar-refractivity contribution < 1.29 is 4.79 Å². The third-order valence-electron chi connectivity index (χ3n) is 4.67. The maximum absolute atomic E-state index is 12.3. The molecule has 5 heteroatoms. The lowest BCUT2D eigenvalue weighted by molar-refractivity contribution is 0.0981. The van der Waals surface area contributed by atoms with Crippen LogP contribution in [0.4, 0.5) is 0 Å². The molecule has 4 rings (SSSR count). The quantitative estimate of drug-likeness (QED) is 0.641. The average Bonchev–Trinajstić information content (AvgIpc) is 3.18. The Labute approximate surface area is 151 Å². The van der Waals surface area contributed by atoms with Gasteiger partial charge in [0.25, 0.3) is 0 Å². The van der Waals surface area contributed by atoms with Crippen LogP contribution in [-0.4, -0.2) is 20.5 Å². The van der Waals surface area contributed by atoms with Gasteiger partial charge >= 0.3 is 0 Å². The molecule has 0 unspecified atom stereocenters. The Bertz CT molecular complexity index is 938. The Kier molecular flexibility index (Phi) is 4.25. The molecule has 25 heavy (non-hydrogen) atoms. The van der Waals surface area contributed by atoms with Crippen LogP contribution in [0.1, 0.15) is 47.2 Å². The summed E-state index contributed by atoms with van der Waals surface area (Å²) in [5, 5.41) is 4.95. The van der Waals surface area contributed by atoms with Crippen LogP contribution in [-0.2, 0) is 19.9 Å². The zero-order chi connectivity index (χ0) is 17.4. The largest absolute Gasteiger partial charge is 0.292 e. The number of hydrogen-bond acceptors (Lipinski definition) is 4. The second kappa shape index (κ2) is 6.56. The van der Waals surface area contributed by atoms with E-state index in [2.05, 4.69) is 28.3 Å². The number of Topliss-reactive ketones (excluding diaryl/α,β-unsaturated/α-hetero) is 1. The van der Waals surface area contributed by atoms with Crippen LogP contribution in [0.25, 0.3) is 21.6 Å². The van der Waals surface area contributed by atoms with Gasteiger partial charge in [0.05, 0.1) is 16.8 Å². The molecule has 1 aromatic carbocycles. The van der Waals surface area contributed by atoms with E-state index in [-0.39, 0.29) is 5.78 Å². The fourth-order valence-corrected chi connectivity index (χ4v) is 4.52. The Balaban J connectivity index is 1.81. The average molecular weight is 351 g/mol. The van der Waals surface area contributed by atoms with E-state index in [1.54, 1.807) is 11.3 Å². The van der Waals surface area contributed by atoms with E-state index in [0.717, 1.165) is 42.5 Å². The molecule has 0 saturated heterocycles. The fraction of sp³-hybridized carbons (Fsp3) is 0.350. The van der Waals surface area contributed by atoms with Gasteiger partial charge in [-0.1, -0.05) is 19.1 Å². The minimum absolute atomic E-state index is 0.172. The van der Waals surface area contributed by atoms with Crippen LogP contribution in [0.5, 0.6) is 0 Å². The molecular formula is C20H21N3OS. The molecule has 0 bridgehead atoms. The molecule has 0 atom stereocenters. The second-order valence-corrected chi connectivity index (χ2v) is 7.60. The molecule has 0 amide bonds. The Morgan fingerprint density at radius 1 is 1.28 bits per heavy atom. The summed E-state index contributed by atoms with van der Waals surface area (Å²) < 4.78 is 1.82. The number of aryl methyl sites for hydroxylation is 3. The Morgan fingerprint density at radius 2 is 2.16 bits per heavy atom. The lowest BCUT2D eigenvalue weighted by Gasteiger charge is -2.08. The van der Waals surface area contributed by atoms with Gasteiger partial charge in [-0.05, 0) is 48.4 Å². The summed E-state index contributed by atoms with van der Waals surface area (Å²) in [4.78, 5) is 18.2. The summed E-state index contributed by atoms with van der Waals surface area (Å²) in [6, 6.07) is 6.63. The van der Waals surface area contributed by atoms with E-state index in [9.17, 15) is 4.79 Å². The van der Waals surface area contributed by atoms with E-state index >= 15 is 0 Å². The van der Waals surface area contributed by atoms with Crippen molar-refractivity contribution in [2.45, 2.75) is 39.0 Å². The van der Waals surface area contributed by atoms with Gasteiger partial charge in [-0.25, -0.2) is 4.98 Å². The number of ketones is 1. The summed E-state index contributed by atoms with van der Waals surface area (Å²) in [7, 11) is 1.93. The summed E-state index contributed by atoms with van der Waals surface area (Å²) in [6.45, 7) is 2.03. The standard InChI is InChI=1S/C20H21N3OS/c1-3-5-18(24)20-22-17-7-4-6-13-8-9-14(10-16(13)19(17)25-20)15-11-21-23(2)12-15/h8-12H,3-7H2,1-2H3. The predicted molar refractivity (Wildman–Crippen MR) is 101 cm³/mol. The highest BCUT2D eigenvalue weighted by Gasteiger charge is 2.22. The normalized spacial score (nSPS) is 13.2. The Morgan fingerprint density at radius 3 is 2.92 bits per heavy atom. The summed E-state index contributed by atoms with van der Waals surface area (Å²) in [5.41, 5.74) is 5.95. The van der Waals surface area contributed by atoms with Gasteiger partial charge in [-0.2, -0.15) is 5.10 Å². The first-order valence-corrected chi connectivity index (χ1v) is 9.62. The molecule has 0 saturated carbocycles. The summed E-state index contributed by atoms with van der Waals surface area (Å²) >= 11 is 1.57. The number of rotatable bonds is 4. The lowest BCUT2D eigenvalue weighted by atomic mass is 9.99. The van der Waals surface area contributed by atoms with Gasteiger partial charge in [-0.3, -0.25) is 9.48 Å². The molecule has 0 fully saturated rings. The molecule has 0 aliphatic heterocycles. The van der Waals surface area contributed by atoms with Gasteiger partial charge < -0.3 is 0 Å². The van der Waals surface area contributed by atoms with Gasteiger partial charge in [0.2, 0.25) is 0 Å². The highest BCUT2D eigenvalue weighted by Crippen LogP contribution is 2.39. The maximum atomic E-state index is 12.3. The van der Waals surface area contributed by atoms with Crippen molar-refractivity contribution >= 4 is 17.1 Å². The van der Waals surface area contributed by atoms with E-state index in [1.165, 1.54) is 16.0 Å². The molecule has 3 aromatic rings. The van der Waals surface area contributed by atoms with Crippen molar-refractivity contribution in [3.8, 4) is 21.6 Å². The van der Waals surface area contributed by atoms with Crippen LogP contribution in [0.15, 0.2) is 30.6 Å². The first-order valence-electron chi connectivity index (χ1n) is 8.81. The highest BCUT2D eigenvalue weighted by molar-refractivity contribution is 7.17. The van der Waals surface area contributed by atoms with Crippen molar-refractivity contribution in [2.75, 3.05) is 0 Å². The van der Waals surface area contributed by atoms with E-state index < -0.39 is 0 Å². The SMILES string of the molecule is CCCC(=O)c1nc2c(s1)-c1cc(-c3cnn(C)c3)ccc1CCC2. The molecule has 1 aliphatic carbocycles. The van der Waals surface area contributed by atoms with Crippen molar-refractivity contribution in [1.29, 1.82) is 0 Å². The number of benzene rings is 1. The van der Waals surface area contributed by atoms with Crippen molar-refractivity contribution in [2.24, 2.45) is 7.05 Å². The van der Waals surface area contributed by atoms with Crippen LogP contribution in [0.3, 0.4) is 0 Å². The number of carbonyl (C=O) groups excluding carboxylic acids is 1.